The maximum Gasteiger partial charge on any atom is 0.160 e. The van der Waals surface area contributed by atoms with Crippen molar-refractivity contribution in [3.63, 3.8) is 0 Å². The molecule has 0 spiro atoms. The summed E-state index contributed by atoms with van der Waals surface area (Å²) in [6.07, 6.45) is 0.973. The number of fused-ring (bicyclic) bond motifs is 1. The smallest absolute Gasteiger partial charge is 0.160 e. The van der Waals surface area contributed by atoms with Crippen LogP contribution in [0.25, 0.3) is 11.0 Å². The molecular formula is C12H12N4OS. The van der Waals surface area contributed by atoms with Crippen molar-refractivity contribution in [1.82, 2.24) is 10.3 Å². The van der Waals surface area contributed by atoms with E-state index >= 15 is 0 Å². The van der Waals surface area contributed by atoms with Crippen molar-refractivity contribution in [2.75, 3.05) is 17.6 Å². The van der Waals surface area contributed by atoms with Crippen molar-refractivity contribution in [2.24, 2.45) is 0 Å². The highest BCUT2D eigenvalue weighted by atomic mass is 32.1. The third-order valence-electron chi connectivity index (χ3n) is 2.76. The number of thiophene rings is 1. The fourth-order valence-corrected chi connectivity index (χ4v) is 2.51. The Balaban J connectivity index is 1.75. The van der Waals surface area contributed by atoms with E-state index in [2.05, 4.69) is 32.5 Å². The molecule has 0 bridgehead atoms. The largest absolute Gasteiger partial charge is 0.397 e. The van der Waals surface area contributed by atoms with Crippen molar-refractivity contribution >= 4 is 33.7 Å². The van der Waals surface area contributed by atoms with Crippen LogP contribution < -0.4 is 11.1 Å². The lowest BCUT2D eigenvalue weighted by Crippen LogP contribution is -2.05. The van der Waals surface area contributed by atoms with Gasteiger partial charge in [-0.05, 0) is 51.3 Å². The van der Waals surface area contributed by atoms with Crippen LogP contribution in [0.3, 0.4) is 0 Å². The number of anilines is 2. The molecule has 92 valence electrons. The molecule has 0 atom stereocenters. The van der Waals surface area contributed by atoms with Crippen molar-refractivity contribution in [3.05, 3.63) is 34.5 Å². The van der Waals surface area contributed by atoms with Crippen molar-refractivity contribution in [1.29, 1.82) is 0 Å². The van der Waals surface area contributed by atoms with E-state index < -0.39 is 0 Å². The summed E-state index contributed by atoms with van der Waals surface area (Å²) in [6, 6.07) is 5.83. The van der Waals surface area contributed by atoms with Crippen LogP contribution in [-0.4, -0.2) is 16.9 Å². The molecule has 18 heavy (non-hydrogen) atoms. The fraction of sp³-hybridized carbons (Fsp3) is 0.167. The van der Waals surface area contributed by atoms with Gasteiger partial charge in [-0.25, -0.2) is 4.63 Å². The highest BCUT2D eigenvalue weighted by molar-refractivity contribution is 7.07. The first-order valence-electron chi connectivity index (χ1n) is 5.60. The van der Waals surface area contributed by atoms with Gasteiger partial charge in [-0.15, -0.1) is 0 Å². The van der Waals surface area contributed by atoms with Gasteiger partial charge in [0.05, 0.1) is 11.4 Å². The molecule has 0 saturated carbocycles. The number of hydrogen-bond acceptors (Lipinski definition) is 6. The molecule has 0 unspecified atom stereocenters. The molecule has 2 aromatic heterocycles. The predicted octanol–water partition coefficient (Wildman–Crippen LogP) is 2.52. The first-order valence-corrected chi connectivity index (χ1v) is 6.54. The third-order valence-corrected chi connectivity index (χ3v) is 3.49. The van der Waals surface area contributed by atoms with Crippen molar-refractivity contribution < 1.29 is 4.63 Å². The maximum absolute atomic E-state index is 5.79. The topological polar surface area (TPSA) is 77.0 Å². The van der Waals surface area contributed by atoms with E-state index in [0.717, 1.165) is 18.7 Å². The Morgan fingerprint density at radius 2 is 2.11 bits per heavy atom. The average Bonchev–Trinajstić information content (AvgIpc) is 3.02. The fourth-order valence-electron chi connectivity index (χ4n) is 1.80. The predicted molar refractivity (Wildman–Crippen MR) is 72.7 cm³/mol. The molecule has 0 aliphatic heterocycles. The van der Waals surface area contributed by atoms with Gasteiger partial charge in [0.25, 0.3) is 0 Å². The van der Waals surface area contributed by atoms with E-state index in [9.17, 15) is 0 Å². The second-order valence-corrected chi connectivity index (χ2v) is 4.75. The quantitative estimate of drug-likeness (QED) is 0.705. The molecule has 0 saturated heterocycles. The van der Waals surface area contributed by atoms with E-state index in [1.165, 1.54) is 5.56 Å². The molecule has 5 nitrogen and oxygen atoms in total. The summed E-state index contributed by atoms with van der Waals surface area (Å²) in [4.78, 5) is 0. The summed E-state index contributed by atoms with van der Waals surface area (Å²) in [6.45, 7) is 0.836. The molecular weight excluding hydrogens is 248 g/mol. The SMILES string of the molecule is Nc1ccc(NCCc2ccsc2)c2nonc12. The zero-order valence-corrected chi connectivity index (χ0v) is 10.4. The summed E-state index contributed by atoms with van der Waals surface area (Å²) in [5.74, 6) is 0. The lowest BCUT2D eigenvalue weighted by atomic mass is 10.2. The van der Waals surface area contributed by atoms with Gasteiger partial charge in [-0.1, -0.05) is 0 Å². The molecule has 6 heteroatoms. The van der Waals surface area contributed by atoms with Crippen LogP contribution in [0.1, 0.15) is 5.56 Å². The minimum Gasteiger partial charge on any atom is -0.397 e. The Morgan fingerprint density at radius 1 is 1.22 bits per heavy atom. The van der Waals surface area contributed by atoms with Crippen LogP contribution in [0.15, 0.2) is 33.6 Å². The zero-order chi connectivity index (χ0) is 12.4. The van der Waals surface area contributed by atoms with Crippen LogP contribution in [-0.2, 0) is 6.42 Å². The van der Waals surface area contributed by atoms with Crippen LogP contribution in [0.2, 0.25) is 0 Å². The minimum absolute atomic E-state index is 0.578. The lowest BCUT2D eigenvalue weighted by molar-refractivity contribution is 0.316. The first-order chi connectivity index (χ1) is 8.84. The third kappa shape index (κ3) is 2.02. The molecule has 2 heterocycles. The van der Waals surface area contributed by atoms with Crippen molar-refractivity contribution in [2.45, 2.75) is 6.42 Å². The van der Waals surface area contributed by atoms with E-state index in [0.29, 0.717) is 16.7 Å². The number of aromatic nitrogens is 2. The standard InChI is InChI=1S/C12H12N4OS/c13-9-1-2-10(12-11(9)15-17-16-12)14-5-3-8-4-6-18-7-8/h1-2,4,6-7,14H,3,5,13H2. The molecule has 3 N–H and O–H groups in total. The number of benzene rings is 1. The number of nitrogens with one attached hydrogen (secondary N) is 1. The number of rotatable bonds is 4. The van der Waals surface area contributed by atoms with Gasteiger partial charge < -0.3 is 11.1 Å². The van der Waals surface area contributed by atoms with Gasteiger partial charge in [0.15, 0.2) is 11.0 Å². The number of nitrogens with two attached hydrogens (primary N) is 1. The van der Waals surface area contributed by atoms with Crippen molar-refractivity contribution in [3.8, 4) is 0 Å². The molecule has 0 amide bonds. The van der Waals surface area contributed by atoms with Gasteiger partial charge in [-0.2, -0.15) is 11.3 Å². The average molecular weight is 260 g/mol. The zero-order valence-electron chi connectivity index (χ0n) is 9.59. The van der Waals surface area contributed by atoms with Gasteiger partial charge >= 0.3 is 0 Å². The maximum atomic E-state index is 5.79. The monoisotopic (exact) mass is 260 g/mol. The Hall–Kier alpha value is -2.08. The highest BCUT2D eigenvalue weighted by Gasteiger charge is 2.09. The summed E-state index contributed by atoms with van der Waals surface area (Å²) < 4.78 is 4.72. The van der Waals surface area contributed by atoms with E-state index in [4.69, 9.17) is 10.4 Å². The van der Waals surface area contributed by atoms with Crippen LogP contribution >= 0.6 is 11.3 Å². The number of nitrogen functional groups attached to an aromatic ring is 1. The number of hydrogen-bond donors (Lipinski definition) is 2. The van der Waals surface area contributed by atoms with E-state index in [1.54, 1.807) is 17.4 Å². The summed E-state index contributed by atoms with van der Waals surface area (Å²) in [5.41, 5.74) is 9.88. The van der Waals surface area contributed by atoms with E-state index in [1.807, 2.05) is 6.07 Å². The molecule has 0 radical (unpaired) electrons. The number of nitrogens with zero attached hydrogens (tertiary/aromatic N) is 2. The molecule has 3 aromatic rings. The second-order valence-electron chi connectivity index (χ2n) is 3.97. The second kappa shape index (κ2) is 4.66. The molecule has 1 aromatic carbocycles. The molecule has 0 fully saturated rings. The highest BCUT2D eigenvalue weighted by Crippen LogP contribution is 2.25. The normalized spacial score (nSPS) is 10.9. The summed E-state index contributed by atoms with van der Waals surface area (Å²) in [7, 11) is 0. The first kappa shape index (κ1) is 11.0. The molecule has 0 aliphatic carbocycles. The summed E-state index contributed by atoms with van der Waals surface area (Å²) in [5, 5.41) is 15.2. The molecule has 0 aliphatic rings. The Bertz CT molecular complexity index is 647. The van der Waals surface area contributed by atoms with Gasteiger partial charge in [0.1, 0.15) is 0 Å². The van der Waals surface area contributed by atoms with Gasteiger partial charge in [0, 0.05) is 6.54 Å². The van der Waals surface area contributed by atoms with Crippen LogP contribution in [0.4, 0.5) is 11.4 Å². The lowest BCUT2D eigenvalue weighted by Gasteiger charge is -2.06. The summed E-state index contributed by atoms with van der Waals surface area (Å²) >= 11 is 1.71. The Morgan fingerprint density at radius 3 is 2.94 bits per heavy atom. The minimum atomic E-state index is 0.578. The Labute approximate surface area is 108 Å². The van der Waals surface area contributed by atoms with Crippen LogP contribution in [0, 0.1) is 0 Å². The van der Waals surface area contributed by atoms with Gasteiger partial charge in [0.2, 0.25) is 0 Å². The molecule has 3 rings (SSSR count). The van der Waals surface area contributed by atoms with Crippen LogP contribution in [0.5, 0.6) is 0 Å². The Kier molecular flexibility index (Phi) is 2.85. The van der Waals surface area contributed by atoms with E-state index in [-0.39, 0.29) is 0 Å². The van der Waals surface area contributed by atoms with Gasteiger partial charge in [-0.3, -0.25) is 0 Å².